The number of benzene rings is 1. The van der Waals surface area contributed by atoms with Crippen LogP contribution in [0.4, 0.5) is 0 Å². The molecule has 100 valence electrons. The van der Waals surface area contributed by atoms with Gasteiger partial charge in [-0.2, -0.15) is 0 Å². The van der Waals surface area contributed by atoms with E-state index in [0.717, 1.165) is 7.11 Å². The average Bonchev–Trinajstić information content (AvgIpc) is 2.29. The molecule has 0 aliphatic carbocycles. The van der Waals surface area contributed by atoms with Crippen molar-refractivity contribution in [3.05, 3.63) is 23.3 Å². The van der Waals surface area contributed by atoms with Gasteiger partial charge in [0.2, 0.25) is 0 Å². The van der Waals surface area contributed by atoms with Gasteiger partial charge < -0.3 is 20.1 Å². The lowest BCUT2D eigenvalue weighted by Crippen LogP contribution is -2.16. The van der Waals surface area contributed by atoms with Crippen LogP contribution >= 0.6 is 0 Å². The quantitative estimate of drug-likeness (QED) is 0.551. The number of carbonyl (C=O) groups excluding carboxylic acids is 1. The number of aliphatic hydroxyl groups excluding tert-OH is 1. The van der Waals surface area contributed by atoms with Gasteiger partial charge in [-0.1, -0.05) is 20.8 Å². The van der Waals surface area contributed by atoms with Gasteiger partial charge in [-0.25, -0.2) is 4.79 Å². The van der Waals surface area contributed by atoms with Crippen LogP contribution in [0.1, 0.15) is 38.0 Å². The van der Waals surface area contributed by atoms with Crippen molar-refractivity contribution in [1.29, 1.82) is 0 Å². The first kappa shape index (κ1) is 14.3. The molecule has 1 aromatic carbocycles. The summed E-state index contributed by atoms with van der Waals surface area (Å²) >= 11 is 0. The third-order valence-corrected chi connectivity index (χ3v) is 2.70. The van der Waals surface area contributed by atoms with Gasteiger partial charge in [0.15, 0.2) is 17.6 Å². The van der Waals surface area contributed by atoms with E-state index < -0.39 is 17.8 Å². The minimum Gasteiger partial charge on any atom is -0.504 e. The number of hydrogen-bond acceptors (Lipinski definition) is 5. The van der Waals surface area contributed by atoms with Gasteiger partial charge in [0, 0.05) is 5.56 Å². The summed E-state index contributed by atoms with van der Waals surface area (Å²) in [7, 11) is 1.13. The molecule has 0 aliphatic heterocycles. The molecule has 5 heteroatoms. The molecule has 1 atom stereocenters. The Balaban J connectivity index is 3.35. The van der Waals surface area contributed by atoms with E-state index in [0.29, 0.717) is 5.56 Å². The molecule has 0 spiro atoms. The predicted molar refractivity (Wildman–Crippen MR) is 65.4 cm³/mol. The zero-order valence-electron chi connectivity index (χ0n) is 10.9. The smallest absolute Gasteiger partial charge is 0.339 e. The highest BCUT2D eigenvalue weighted by Gasteiger charge is 2.26. The molecule has 0 saturated heterocycles. The molecular weight excluding hydrogens is 236 g/mol. The molecule has 0 radical (unpaired) electrons. The molecule has 0 bridgehead atoms. The molecule has 18 heavy (non-hydrogen) atoms. The zero-order chi connectivity index (χ0) is 14.1. The van der Waals surface area contributed by atoms with Crippen LogP contribution in [0.3, 0.4) is 0 Å². The average molecular weight is 254 g/mol. The molecule has 0 amide bonds. The van der Waals surface area contributed by atoms with Crippen LogP contribution in [-0.2, 0) is 14.9 Å². The molecule has 3 N–H and O–H groups in total. The van der Waals surface area contributed by atoms with Crippen LogP contribution in [0.15, 0.2) is 12.1 Å². The first-order chi connectivity index (χ1) is 8.18. The van der Waals surface area contributed by atoms with E-state index in [4.69, 9.17) is 0 Å². The van der Waals surface area contributed by atoms with Crippen LogP contribution in [0, 0.1) is 0 Å². The predicted octanol–water partition coefficient (Wildman–Crippen LogP) is 1.60. The number of phenolic OH excluding ortho intramolecular Hbond substituents is 2. The van der Waals surface area contributed by atoms with Crippen molar-refractivity contribution >= 4 is 5.97 Å². The summed E-state index contributed by atoms with van der Waals surface area (Å²) in [6.45, 7) is 5.73. The Kier molecular flexibility index (Phi) is 3.86. The second kappa shape index (κ2) is 4.86. The summed E-state index contributed by atoms with van der Waals surface area (Å²) in [6.07, 6.45) is -1.62. The number of carbonyl (C=O) groups is 1. The second-order valence-electron chi connectivity index (χ2n) is 5.11. The fraction of sp³-hybridized carbons (Fsp3) is 0.462. The van der Waals surface area contributed by atoms with Crippen molar-refractivity contribution in [2.75, 3.05) is 7.11 Å². The Morgan fingerprint density at radius 2 is 1.83 bits per heavy atom. The first-order valence-corrected chi connectivity index (χ1v) is 5.50. The van der Waals surface area contributed by atoms with E-state index in [9.17, 15) is 20.1 Å². The van der Waals surface area contributed by atoms with Crippen LogP contribution in [0.25, 0.3) is 0 Å². The van der Waals surface area contributed by atoms with Crippen molar-refractivity contribution in [2.45, 2.75) is 32.3 Å². The van der Waals surface area contributed by atoms with Crippen LogP contribution in [0.2, 0.25) is 0 Å². The maximum atomic E-state index is 11.3. The largest absolute Gasteiger partial charge is 0.504 e. The Morgan fingerprint density at radius 1 is 1.28 bits per heavy atom. The molecule has 0 aromatic heterocycles. The number of aromatic hydroxyl groups is 2. The van der Waals surface area contributed by atoms with Gasteiger partial charge in [0.25, 0.3) is 0 Å². The molecule has 1 aromatic rings. The van der Waals surface area contributed by atoms with Crippen molar-refractivity contribution < 1.29 is 24.9 Å². The van der Waals surface area contributed by atoms with Crippen LogP contribution in [0.5, 0.6) is 11.5 Å². The van der Waals surface area contributed by atoms with E-state index in [2.05, 4.69) is 4.74 Å². The topological polar surface area (TPSA) is 87.0 Å². The molecule has 0 saturated carbocycles. The zero-order valence-corrected chi connectivity index (χ0v) is 10.9. The van der Waals surface area contributed by atoms with Gasteiger partial charge in [-0.05, 0) is 23.1 Å². The van der Waals surface area contributed by atoms with Crippen molar-refractivity contribution in [1.82, 2.24) is 0 Å². The van der Waals surface area contributed by atoms with E-state index >= 15 is 0 Å². The SMILES string of the molecule is COC(=O)C(O)c1cc(C(C)(C)C)cc(O)c1O. The summed E-state index contributed by atoms with van der Waals surface area (Å²) < 4.78 is 4.41. The maximum Gasteiger partial charge on any atom is 0.339 e. The Bertz CT molecular complexity index is 459. The first-order valence-electron chi connectivity index (χ1n) is 5.50. The standard InChI is InChI=1S/C13H18O5/c1-13(2,3)7-5-8(10(15)9(14)6-7)11(16)12(17)18-4/h5-6,11,14-16H,1-4H3. The number of ether oxygens (including phenoxy) is 1. The normalized spacial score (nSPS) is 13.2. The van der Waals surface area contributed by atoms with Gasteiger partial charge in [0.1, 0.15) is 0 Å². The molecule has 0 heterocycles. The highest BCUT2D eigenvalue weighted by Crippen LogP contribution is 2.38. The second-order valence-corrected chi connectivity index (χ2v) is 5.11. The lowest BCUT2D eigenvalue weighted by atomic mass is 9.85. The van der Waals surface area contributed by atoms with Crippen LogP contribution < -0.4 is 0 Å². The van der Waals surface area contributed by atoms with Crippen LogP contribution in [-0.4, -0.2) is 28.4 Å². The number of hydrogen-bond donors (Lipinski definition) is 3. The number of rotatable bonds is 2. The molecular formula is C13H18O5. The van der Waals surface area contributed by atoms with E-state index in [1.165, 1.54) is 12.1 Å². The summed E-state index contributed by atoms with van der Waals surface area (Å²) in [5.74, 6) is -1.78. The number of aliphatic hydroxyl groups is 1. The van der Waals surface area contributed by atoms with Crippen molar-refractivity contribution in [3.63, 3.8) is 0 Å². The Morgan fingerprint density at radius 3 is 2.28 bits per heavy atom. The molecule has 1 rings (SSSR count). The Hall–Kier alpha value is -1.75. The fourth-order valence-electron chi connectivity index (χ4n) is 1.52. The minimum absolute atomic E-state index is 0.0632. The third kappa shape index (κ3) is 2.73. The number of esters is 1. The van der Waals surface area contributed by atoms with E-state index in [1.54, 1.807) is 0 Å². The lowest BCUT2D eigenvalue weighted by Gasteiger charge is -2.22. The Labute approximate surface area is 106 Å². The van der Waals surface area contributed by atoms with E-state index in [1.807, 2.05) is 20.8 Å². The highest BCUT2D eigenvalue weighted by molar-refractivity contribution is 5.77. The van der Waals surface area contributed by atoms with Gasteiger partial charge in [0.05, 0.1) is 7.11 Å². The molecule has 5 nitrogen and oxygen atoms in total. The highest BCUT2D eigenvalue weighted by atomic mass is 16.5. The fourth-order valence-corrected chi connectivity index (χ4v) is 1.52. The summed E-state index contributed by atoms with van der Waals surface area (Å²) in [4.78, 5) is 11.3. The molecule has 0 fully saturated rings. The number of methoxy groups -OCH3 is 1. The summed E-state index contributed by atoms with van der Waals surface area (Å²) in [5, 5.41) is 29.1. The van der Waals surface area contributed by atoms with Crippen molar-refractivity contribution in [3.8, 4) is 11.5 Å². The van der Waals surface area contributed by atoms with E-state index in [-0.39, 0.29) is 16.7 Å². The minimum atomic E-state index is -1.62. The monoisotopic (exact) mass is 254 g/mol. The van der Waals surface area contributed by atoms with Gasteiger partial charge >= 0.3 is 5.97 Å². The number of phenols is 2. The summed E-state index contributed by atoms with van der Waals surface area (Å²) in [6, 6.07) is 2.89. The van der Waals surface area contributed by atoms with Crippen molar-refractivity contribution in [2.24, 2.45) is 0 Å². The third-order valence-electron chi connectivity index (χ3n) is 2.70. The van der Waals surface area contributed by atoms with Gasteiger partial charge in [-0.3, -0.25) is 0 Å². The van der Waals surface area contributed by atoms with Gasteiger partial charge in [-0.15, -0.1) is 0 Å². The lowest BCUT2D eigenvalue weighted by molar-refractivity contribution is -0.150. The molecule has 0 aliphatic rings. The summed E-state index contributed by atoms with van der Waals surface area (Å²) in [5.41, 5.74) is 0.331. The maximum absolute atomic E-state index is 11.3. The molecule has 1 unspecified atom stereocenters.